The van der Waals surface area contributed by atoms with Gasteiger partial charge in [0.25, 0.3) is 0 Å². The summed E-state index contributed by atoms with van der Waals surface area (Å²) in [7, 11) is 0. The molecule has 0 aromatic carbocycles. The average molecular weight is 278 g/mol. The molecule has 1 fully saturated rings. The van der Waals surface area contributed by atoms with Crippen molar-refractivity contribution in [2.45, 2.75) is 45.4 Å². The monoisotopic (exact) mass is 277 g/mol. The fraction of sp³-hybridized carbons (Fsp3) is 0.833. The highest BCUT2D eigenvalue weighted by Crippen LogP contribution is 2.32. The van der Waals surface area contributed by atoms with Crippen LogP contribution in [0.3, 0.4) is 0 Å². The van der Waals surface area contributed by atoms with Gasteiger partial charge in [-0.1, -0.05) is 25.4 Å². The number of carbonyl (C=O) groups excluding carboxylic acids is 2. The SMILES string of the molecule is CC(=O)NC1C(C)[C@@H](C)C(COC(C)=O)O[C@H]1Cl. The first-order valence-corrected chi connectivity index (χ1v) is 6.46. The summed E-state index contributed by atoms with van der Waals surface area (Å²) >= 11 is 6.12. The number of ether oxygens (including phenoxy) is 2. The molecule has 1 aliphatic heterocycles. The third kappa shape index (κ3) is 3.85. The largest absolute Gasteiger partial charge is 0.463 e. The molecule has 1 N–H and O–H groups in total. The van der Waals surface area contributed by atoms with E-state index in [0.717, 1.165) is 0 Å². The summed E-state index contributed by atoms with van der Waals surface area (Å²) in [4.78, 5) is 21.9. The van der Waals surface area contributed by atoms with Crippen LogP contribution < -0.4 is 5.32 Å². The second kappa shape index (κ2) is 6.38. The van der Waals surface area contributed by atoms with Crippen molar-refractivity contribution >= 4 is 23.5 Å². The Kier molecular flexibility index (Phi) is 5.41. The molecule has 6 heteroatoms. The summed E-state index contributed by atoms with van der Waals surface area (Å²) in [6.45, 7) is 7.00. The van der Waals surface area contributed by atoms with Gasteiger partial charge >= 0.3 is 5.97 Å². The van der Waals surface area contributed by atoms with Gasteiger partial charge in [0.1, 0.15) is 6.61 Å². The lowest BCUT2D eigenvalue weighted by molar-refractivity contribution is -0.155. The molecule has 1 aliphatic rings. The first-order valence-electron chi connectivity index (χ1n) is 6.03. The normalized spacial score (nSPS) is 35.9. The number of hydrogen-bond donors (Lipinski definition) is 1. The fourth-order valence-corrected chi connectivity index (χ4v) is 2.53. The molecule has 0 aromatic heterocycles. The number of carbonyl (C=O) groups is 2. The molecule has 1 heterocycles. The molecule has 1 amide bonds. The summed E-state index contributed by atoms with van der Waals surface area (Å²) in [6, 6.07) is -0.229. The second-order valence-electron chi connectivity index (χ2n) is 4.77. The highest BCUT2D eigenvalue weighted by Gasteiger charge is 2.41. The van der Waals surface area contributed by atoms with Gasteiger partial charge < -0.3 is 14.8 Å². The maximum absolute atomic E-state index is 11.1. The van der Waals surface area contributed by atoms with E-state index >= 15 is 0 Å². The Balaban J connectivity index is 2.64. The van der Waals surface area contributed by atoms with Crippen LogP contribution in [-0.4, -0.2) is 36.2 Å². The molecule has 5 nitrogen and oxygen atoms in total. The zero-order valence-electron chi connectivity index (χ0n) is 11.1. The predicted molar refractivity (Wildman–Crippen MR) is 67.1 cm³/mol. The molecule has 18 heavy (non-hydrogen) atoms. The molecule has 0 saturated carbocycles. The first-order chi connectivity index (χ1) is 8.32. The minimum absolute atomic E-state index is 0.133. The van der Waals surface area contributed by atoms with E-state index in [1.54, 1.807) is 0 Å². The molecule has 0 aromatic rings. The van der Waals surface area contributed by atoms with Crippen LogP contribution in [0, 0.1) is 11.8 Å². The van der Waals surface area contributed by atoms with E-state index in [-0.39, 0.29) is 42.5 Å². The molecule has 0 bridgehead atoms. The van der Waals surface area contributed by atoms with Crippen LogP contribution in [0.2, 0.25) is 0 Å². The lowest BCUT2D eigenvalue weighted by atomic mass is 9.83. The average Bonchev–Trinajstić information content (AvgIpc) is 2.27. The van der Waals surface area contributed by atoms with Crippen molar-refractivity contribution in [3.63, 3.8) is 0 Å². The molecule has 0 aliphatic carbocycles. The summed E-state index contributed by atoms with van der Waals surface area (Å²) in [6.07, 6.45) is -0.239. The van der Waals surface area contributed by atoms with Crippen molar-refractivity contribution in [1.82, 2.24) is 5.32 Å². The van der Waals surface area contributed by atoms with Crippen LogP contribution in [0.4, 0.5) is 0 Å². The lowest BCUT2D eigenvalue weighted by Gasteiger charge is -2.42. The zero-order chi connectivity index (χ0) is 13.9. The van der Waals surface area contributed by atoms with E-state index < -0.39 is 5.56 Å². The van der Waals surface area contributed by atoms with Crippen molar-refractivity contribution in [3.05, 3.63) is 0 Å². The van der Waals surface area contributed by atoms with Gasteiger partial charge in [0.2, 0.25) is 5.91 Å². The minimum atomic E-state index is -0.611. The predicted octanol–water partition coefficient (Wildman–Crippen LogP) is 1.29. The first kappa shape index (κ1) is 15.2. The van der Waals surface area contributed by atoms with Gasteiger partial charge in [0, 0.05) is 13.8 Å². The Hall–Kier alpha value is -0.810. The second-order valence-corrected chi connectivity index (χ2v) is 5.20. The van der Waals surface area contributed by atoms with Gasteiger partial charge in [0.15, 0.2) is 5.56 Å². The minimum Gasteiger partial charge on any atom is -0.463 e. The third-order valence-corrected chi connectivity index (χ3v) is 3.76. The summed E-state index contributed by atoms with van der Waals surface area (Å²) in [5, 5.41) is 2.79. The van der Waals surface area contributed by atoms with Crippen LogP contribution >= 0.6 is 11.6 Å². The van der Waals surface area contributed by atoms with Gasteiger partial charge in [-0.05, 0) is 11.8 Å². The molecule has 1 saturated heterocycles. The smallest absolute Gasteiger partial charge is 0.302 e. The van der Waals surface area contributed by atoms with Gasteiger partial charge in [-0.3, -0.25) is 9.59 Å². The van der Waals surface area contributed by atoms with Gasteiger partial charge in [0.05, 0.1) is 12.1 Å². The van der Waals surface area contributed by atoms with E-state index in [2.05, 4.69) is 5.32 Å². The van der Waals surface area contributed by atoms with Crippen molar-refractivity contribution in [2.75, 3.05) is 6.61 Å². The van der Waals surface area contributed by atoms with Crippen LogP contribution in [-0.2, 0) is 19.1 Å². The van der Waals surface area contributed by atoms with E-state index in [1.807, 2.05) is 13.8 Å². The Labute approximate surface area is 112 Å². The molecule has 0 radical (unpaired) electrons. The fourth-order valence-electron chi connectivity index (χ4n) is 2.10. The van der Waals surface area contributed by atoms with Crippen LogP contribution in [0.5, 0.6) is 0 Å². The molecule has 104 valence electrons. The number of amides is 1. The summed E-state index contributed by atoms with van der Waals surface area (Å²) in [5.41, 5.74) is -0.611. The van der Waals surface area contributed by atoms with E-state index in [9.17, 15) is 9.59 Å². The molecule has 0 spiro atoms. The Morgan fingerprint density at radius 2 is 1.89 bits per heavy atom. The van der Waals surface area contributed by atoms with Gasteiger partial charge in [-0.2, -0.15) is 0 Å². The highest BCUT2D eigenvalue weighted by atomic mass is 35.5. The maximum atomic E-state index is 11.1. The van der Waals surface area contributed by atoms with E-state index in [0.29, 0.717) is 0 Å². The van der Waals surface area contributed by atoms with Crippen LogP contribution in [0.15, 0.2) is 0 Å². The topological polar surface area (TPSA) is 64.6 Å². The number of hydrogen-bond acceptors (Lipinski definition) is 4. The Morgan fingerprint density at radius 1 is 1.28 bits per heavy atom. The Bertz CT molecular complexity index is 321. The highest BCUT2D eigenvalue weighted by molar-refractivity contribution is 6.20. The summed E-state index contributed by atoms with van der Waals surface area (Å²) in [5.74, 6) is -0.192. The van der Waals surface area contributed by atoms with Crippen molar-refractivity contribution in [1.29, 1.82) is 0 Å². The molecule has 1 rings (SSSR count). The molecule has 5 atom stereocenters. The van der Waals surface area contributed by atoms with Crippen molar-refractivity contribution in [2.24, 2.45) is 11.8 Å². The Morgan fingerprint density at radius 3 is 2.39 bits per heavy atom. The van der Waals surface area contributed by atoms with Crippen LogP contribution in [0.1, 0.15) is 27.7 Å². The van der Waals surface area contributed by atoms with Crippen LogP contribution in [0.25, 0.3) is 0 Å². The number of halogens is 1. The summed E-state index contributed by atoms with van der Waals surface area (Å²) < 4.78 is 10.6. The number of alkyl halides is 1. The van der Waals surface area contributed by atoms with Crippen molar-refractivity contribution in [3.8, 4) is 0 Å². The number of nitrogens with one attached hydrogen (secondary N) is 1. The molecule has 3 unspecified atom stereocenters. The van der Waals surface area contributed by atoms with E-state index in [4.69, 9.17) is 21.1 Å². The number of esters is 1. The lowest BCUT2D eigenvalue weighted by Crippen LogP contribution is -2.55. The maximum Gasteiger partial charge on any atom is 0.302 e. The van der Waals surface area contributed by atoms with E-state index in [1.165, 1.54) is 13.8 Å². The van der Waals surface area contributed by atoms with Crippen molar-refractivity contribution < 1.29 is 19.1 Å². The van der Waals surface area contributed by atoms with Gasteiger partial charge in [-0.15, -0.1) is 0 Å². The zero-order valence-corrected chi connectivity index (χ0v) is 11.9. The molecular formula is C12H20ClNO4. The standard InChI is InChI=1S/C12H20ClNO4/c1-6-7(2)11(14-8(3)15)12(13)18-10(6)5-17-9(4)16/h6-7,10-12H,5H2,1-4H3,(H,14,15)/t6-,7?,10?,11?,12-/m1/s1. The molecular weight excluding hydrogens is 258 g/mol. The quantitative estimate of drug-likeness (QED) is 0.624. The number of rotatable bonds is 3. The third-order valence-electron chi connectivity index (χ3n) is 3.39. The van der Waals surface area contributed by atoms with Gasteiger partial charge in [-0.25, -0.2) is 0 Å².